The Kier molecular flexibility index (Phi) is 3.14. The van der Waals surface area contributed by atoms with E-state index in [4.69, 9.17) is 15.2 Å². The maximum Gasteiger partial charge on any atom is 0.168 e. The van der Waals surface area contributed by atoms with Gasteiger partial charge in [0.05, 0.1) is 26.1 Å². The van der Waals surface area contributed by atoms with Gasteiger partial charge in [0.2, 0.25) is 0 Å². The lowest BCUT2D eigenvalue weighted by molar-refractivity contribution is 0.356. The first kappa shape index (κ1) is 11.3. The van der Waals surface area contributed by atoms with E-state index in [1.807, 2.05) is 24.3 Å². The van der Waals surface area contributed by atoms with E-state index in [2.05, 4.69) is 4.98 Å². The minimum absolute atomic E-state index is 0.610. The molecule has 0 saturated carbocycles. The number of methoxy groups -OCH3 is 2. The van der Waals surface area contributed by atoms with Crippen LogP contribution in [-0.2, 0) is 0 Å². The molecule has 17 heavy (non-hydrogen) atoms. The van der Waals surface area contributed by atoms with Crippen molar-refractivity contribution in [3.63, 3.8) is 0 Å². The van der Waals surface area contributed by atoms with Gasteiger partial charge in [0, 0.05) is 17.3 Å². The number of hydrogen-bond acceptors (Lipinski definition) is 4. The molecule has 0 saturated heterocycles. The third kappa shape index (κ3) is 2.01. The summed E-state index contributed by atoms with van der Waals surface area (Å²) in [6.45, 7) is 0. The lowest BCUT2D eigenvalue weighted by atomic mass is 10.0. The molecule has 0 radical (unpaired) electrons. The molecule has 0 atom stereocenters. The van der Waals surface area contributed by atoms with Crippen molar-refractivity contribution in [2.45, 2.75) is 0 Å². The number of nitrogen functional groups attached to an aromatic ring is 1. The second-order valence-corrected chi connectivity index (χ2v) is 3.50. The summed E-state index contributed by atoms with van der Waals surface area (Å²) in [5, 5.41) is 0. The molecule has 0 aliphatic heterocycles. The maximum absolute atomic E-state index is 5.91. The summed E-state index contributed by atoms with van der Waals surface area (Å²) >= 11 is 0. The quantitative estimate of drug-likeness (QED) is 0.879. The molecular formula is C13H14N2O2. The maximum atomic E-state index is 5.91. The van der Waals surface area contributed by atoms with Crippen LogP contribution in [-0.4, -0.2) is 19.2 Å². The molecule has 2 N–H and O–H groups in total. The fourth-order valence-corrected chi connectivity index (χ4v) is 1.75. The van der Waals surface area contributed by atoms with Crippen LogP contribution in [0.3, 0.4) is 0 Å². The Balaban J connectivity index is 2.63. The minimum Gasteiger partial charge on any atom is -0.493 e. The second-order valence-electron chi connectivity index (χ2n) is 3.50. The molecule has 1 heterocycles. The van der Waals surface area contributed by atoms with Crippen molar-refractivity contribution in [3.8, 4) is 22.6 Å². The SMILES string of the molecule is COc1cccc(-c2ccncc2N)c1OC. The van der Waals surface area contributed by atoms with Crippen LogP contribution in [0.1, 0.15) is 0 Å². The zero-order valence-electron chi connectivity index (χ0n) is 9.81. The molecule has 2 aromatic rings. The molecule has 1 aromatic heterocycles. The van der Waals surface area contributed by atoms with E-state index in [0.29, 0.717) is 17.2 Å². The van der Waals surface area contributed by atoms with Crippen molar-refractivity contribution < 1.29 is 9.47 Å². The van der Waals surface area contributed by atoms with Crippen LogP contribution in [0.15, 0.2) is 36.7 Å². The van der Waals surface area contributed by atoms with Crippen LogP contribution in [0.25, 0.3) is 11.1 Å². The topological polar surface area (TPSA) is 57.4 Å². The number of hydrogen-bond donors (Lipinski definition) is 1. The van der Waals surface area contributed by atoms with Crippen molar-refractivity contribution in [2.24, 2.45) is 0 Å². The van der Waals surface area contributed by atoms with E-state index in [1.165, 1.54) is 0 Å². The van der Waals surface area contributed by atoms with Gasteiger partial charge in [-0.2, -0.15) is 0 Å². The first-order valence-corrected chi connectivity index (χ1v) is 5.18. The van der Waals surface area contributed by atoms with Crippen LogP contribution in [0.5, 0.6) is 11.5 Å². The van der Waals surface area contributed by atoms with Gasteiger partial charge >= 0.3 is 0 Å². The normalized spacial score (nSPS) is 10.0. The number of para-hydroxylation sites is 1. The fourth-order valence-electron chi connectivity index (χ4n) is 1.75. The van der Waals surface area contributed by atoms with Crippen molar-refractivity contribution in [2.75, 3.05) is 20.0 Å². The van der Waals surface area contributed by atoms with Gasteiger partial charge in [-0.05, 0) is 12.1 Å². The molecule has 4 heteroatoms. The Morgan fingerprint density at radius 3 is 2.53 bits per heavy atom. The monoisotopic (exact) mass is 230 g/mol. The van der Waals surface area contributed by atoms with Gasteiger partial charge in [-0.1, -0.05) is 12.1 Å². The van der Waals surface area contributed by atoms with Crippen LogP contribution in [0, 0.1) is 0 Å². The number of nitrogens with zero attached hydrogens (tertiary/aromatic N) is 1. The third-order valence-electron chi connectivity index (χ3n) is 2.55. The zero-order valence-corrected chi connectivity index (χ0v) is 9.81. The Morgan fingerprint density at radius 1 is 1.06 bits per heavy atom. The molecule has 0 spiro atoms. The van der Waals surface area contributed by atoms with E-state index < -0.39 is 0 Å². The van der Waals surface area contributed by atoms with Crippen LogP contribution in [0.4, 0.5) is 5.69 Å². The Labute approximate surface area is 100 Å². The standard InChI is InChI=1S/C13H14N2O2/c1-16-12-5-3-4-10(13(12)17-2)9-6-7-15-8-11(9)14/h3-8H,14H2,1-2H3. The van der Waals surface area contributed by atoms with Crippen LogP contribution < -0.4 is 15.2 Å². The average molecular weight is 230 g/mol. The average Bonchev–Trinajstić information content (AvgIpc) is 2.38. The van der Waals surface area contributed by atoms with E-state index in [1.54, 1.807) is 26.6 Å². The fraction of sp³-hybridized carbons (Fsp3) is 0.154. The highest BCUT2D eigenvalue weighted by Gasteiger charge is 2.12. The van der Waals surface area contributed by atoms with Crippen molar-refractivity contribution in [1.29, 1.82) is 0 Å². The van der Waals surface area contributed by atoms with Gasteiger partial charge in [-0.15, -0.1) is 0 Å². The van der Waals surface area contributed by atoms with E-state index in [0.717, 1.165) is 11.1 Å². The molecule has 0 aliphatic carbocycles. The van der Waals surface area contributed by atoms with E-state index in [-0.39, 0.29) is 0 Å². The molecular weight excluding hydrogens is 216 g/mol. The first-order valence-electron chi connectivity index (χ1n) is 5.18. The number of nitrogens with two attached hydrogens (primary N) is 1. The van der Waals surface area contributed by atoms with Crippen LogP contribution >= 0.6 is 0 Å². The van der Waals surface area contributed by atoms with Crippen molar-refractivity contribution >= 4 is 5.69 Å². The number of aromatic nitrogens is 1. The number of anilines is 1. The number of benzene rings is 1. The molecule has 4 nitrogen and oxygen atoms in total. The third-order valence-corrected chi connectivity index (χ3v) is 2.55. The van der Waals surface area contributed by atoms with E-state index >= 15 is 0 Å². The summed E-state index contributed by atoms with van der Waals surface area (Å²) in [7, 11) is 3.22. The highest BCUT2D eigenvalue weighted by atomic mass is 16.5. The van der Waals surface area contributed by atoms with Gasteiger partial charge in [0.1, 0.15) is 0 Å². The highest BCUT2D eigenvalue weighted by Crippen LogP contribution is 2.39. The van der Waals surface area contributed by atoms with Gasteiger partial charge < -0.3 is 15.2 Å². The van der Waals surface area contributed by atoms with Gasteiger partial charge in [-0.25, -0.2) is 0 Å². The Morgan fingerprint density at radius 2 is 1.88 bits per heavy atom. The lowest BCUT2D eigenvalue weighted by Gasteiger charge is -2.13. The Bertz CT molecular complexity index is 527. The smallest absolute Gasteiger partial charge is 0.168 e. The molecule has 0 fully saturated rings. The van der Waals surface area contributed by atoms with Crippen LogP contribution in [0.2, 0.25) is 0 Å². The molecule has 0 aliphatic rings. The summed E-state index contributed by atoms with van der Waals surface area (Å²) in [5.41, 5.74) is 8.30. The van der Waals surface area contributed by atoms with Gasteiger partial charge in [0.15, 0.2) is 11.5 Å². The predicted octanol–water partition coefficient (Wildman–Crippen LogP) is 2.35. The molecule has 0 amide bonds. The van der Waals surface area contributed by atoms with Gasteiger partial charge in [-0.3, -0.25) is 4.98 Å². The molecule has 2 rings (SSSR count). The number of ether oxygens (including phenoxy) is 2. The summed E-state index contributed by atoms with van der Waals surface area (Å²) in [6, 6.07) is 7.54. The Hall–Kier alpha value is -2.23. The zero-order chi connectivity index (χ0) is 12.3. The second kappa shape index (κ2) is 4.74. The first-order chi connectivity index (χ1) is 8.27. The predicted molar refractivity (Wildman–Crippen MR) is 67.2 cm³/mol. The van der Waals surface area contributed by atoms with E-state index in [9.17, 15) is 0 Å². The lowest BCUT2D eigenvalue weighted by Crippen LogP contribution is -1.96. The van der Waals surface area contributed by atoms with Gasteiger partial charge in [0.25, 0.3) is 0 Å². The number of pyridine rings is 1. The number of rotatable bonds is 3. The summed E-state index contributed by atoms with van der Waals surface area (Å²) in [6.07, 6.45) is 3.32. The summed E-state index contributed by atoms with van der Waals surface area (Å²) < 4.78 is 10.6. The largest absolute Gasteiger partial charge is 0.493 e. The minimum atomic E-state index is 0.610. The highest BCUT2D eigenvalue weighted by molar-refractivity contribution is 5.81. The van der Waals surface area contributed by atoms with Crippen molar-refractivity contribution in [1.82, 2.24) is 4.98 Å². The summed E-state index contributed by atoms with van der Waals surface area (Å²) in [5.74, 6) is 1.36. The molecule has 1 aromatic carbocycles. The molecule has 0 bridgehead atoms. The molecule has 0 unspecified atom stereocenters. The van der Waals surface area contributed by atoms with Crippen molar-refractivity contribution in [3.05, 3.63) is 36.7 Å². The molecule has 88 valence electrons. The summed E-state index contributed by atoms with van der Waals surface area (Å²) in [4.78, 5) is 3.97.